The lowest BCUT2D eigenvalue weighted by Crippen LogP contribution is -2.38. The highest BCUT2D eigenvalue weighted by Crippen LogP contribution is 2.28. The quantitative estimate of drug-likeness (QED) is 0.181. The number of rotatable bonds is 4. The van der Waals surface area contributed by atoms with Gasteiger partial charge in [0.05, 0.1) is 13.2 Å². The Balaban J connectivity index is 0.000000196. The van der Waals surface area contributed by atoms with Crippen LogP contribution >= 0.6 is 12.2 Å². The zero-order chi connectivity index (χ0) is 26.0. The van der Waals surface area contributed by atoms with E-state index >= 15 is 0 Å². The lowest BCUT2D eigenvalue weighted by atomic mass is 10.1. The molecule has 8 atom stereocenters. The normalized spacial score (nSPS) is 32.3. The van der Waals surface area contributed by atoms with Crippen LogP contribution < -0.4 is 16.9 Å². The second-order valence-corrected chi connectivity index (χ2v) is 8.39. The molecule has 0 aliphatic carbocycles. The van der Waals surface area contributed by atoms with Crippen LogP contribution in [0.15, 0.2) is 32.8 Å². The van der Waals surface area contributed by atoms with E-state index in [1.165, 1.54) is 25.4 Å². The molecule has 4 heterocycles. The second kappa shape index (κ2) is 11.0. The monoisotopic (exact) mass is 518 g/mol. The highest BCUT2D eigenvalue weighted by atomic mass is 32.1. The Labute approximate surface area is 201 Å². The van der Waals surface area contributed by atoms with Crippen molar-refractivity contribution in [3.63, 3.8) is 0 Å². The Morgan fingerprint density at radius 3 is 1.80 bits per heavy atom. The van der Waals surface area contributed by atoms with E-state index in [4.69, 9.17) is 31.9 Å². The number of nitrogens with zero attached hydrogens (tertiary/aromatic N) is 2. The number of aromatic nitrogens is 4. The van der Waals surface area contributed by atoms with E-state index in [2.05, 4.69) is 9.97 Å². The van der Waals surface area contributed by atoms with E-state index < -0.39 is 79.2 Å². The fraction of sp³-hybridized carbons (Fsp3) is 0.579. The van der Waals surface area contributed by atoms with Crippen LogP contribution in [0.1, 0.15) is 18.0 Å². The first kappa shape index (κ1) is 27.1. The van der Waals surface area contributed by atoms with Gasteiger partial charge in [-0.15, -0.1) is 0 Å². The first-order valence-electron chi connectivity index (χ1n) is 10.4. The topological polar surface area (TPSA) is 232 Å². The Bertz CT molecular complexity index is 1260. The lowest BCUT2D eigenvalue weighted by molar-refractivity contribution is -0.0551. The third kappa shape index (κ3) is 5.50. The van der Waals surface area contributed by atoms with Gasteiger partial charge < -0.3 is 40.1 Å². The van der Waals surface area contributed by atoms with Gasteiger partial charge >= 0.3 is 11.4 Å². The zero-order valence-electron chi connectivity index (χ0n) is 18.3. The van der Waals surface area contributed by atoms with Crippen LogP contribution in [0.3, 0.4) is 0 Å². The number of H-pyrrole nitrogens is 2. The summed E-state index contributed by atoms with van der Waals surface area (Å²) in [5, 5.41) is 56.5. The minimum absolute atomic E-state index is 0.262. The molecule has 4 rings (SSSR count). The van der Waals surface area contributed by atoms with Crippen LogP contribution in [-0.2, 0) is 9.47 Å². The number of aliphatic hydroxyl groups excluding tert-OH is 6. The number of ether oxygens (including phenoxy) is 2. The average Bonchev–Trinajstić information content (AvgIpc) is 3.26. The first-order valence-corrected chi connectivity index (χ1v) is 10.8. The molecular weight excluding hydrogens is 492 g/mol. The fourth-order valence-corrected chi connectivity index (χ4v) is 3.77. The largest absolute Gasteiger partial charge is 0.394 e. The molecule has 0 radical (unpaired) electrons. The maximum absolute atomic E-state index is 11.6. The predicted octanol–water partition coefficient (Wildman–Crippen LogP) is -4.03. The molecule has 16 heteroatoms. The minimum Gasteiger partial charge on any atom is -0.394 e. The van der Waals surface area contributed by atoms with Gasteiger partial charge in [0.1, 0.15) is 41.3 Å². The summed E-state index contributed by atoms with van der Waals surface area (Å²) in [5.41, 5.74) is -1.55. The SMILES string of the molecule is Cc1cn([C@@H]2O[C@H](CO)C(O)[C@@H]2O)c(=O)[nH]c1=O.O=c1[nH]c(=S)ccn1[C@@H]1O[C@H](CO)C(O)[C@@H]1O. The van der Waals surface area contributed by atoms with Crippen molar-refractivity contribution in [1.29, 1.82) is 0 Å². The van der Waals surface area contributed by atoms with Gasteiger partial charge in [-0.25, -0.2) is 9.59 Å². The summed E-state index contributed by atoms with van der Waals surface area (Å²) in [4.78, 5) is 38.8. The standard InChI is InChI=1S/C10H14N2O6.C9H12N2O5S/c1-4-2-12(10(17)11-8(4)16)9-7(15)6(14)5(3-13)18-9;12-3-4-6(13)7(14)8(16-4)11-2-1-5(17)10-9(11)15/h2,5-7,9,13-15H,3H2,1H3,(H,11,16,17);1-2,4,6-8,12-14H,3H2,(H,10,15,17)/t5-,6?,7+,9-;4-,6?,7+,8-/m11/s1. The van der Waals surface area contributed by atoms with E-state index in [9.17, 15) is 34.8 Å². The Hall–Kier alpha value is -2.54. The molecule has 35 heavy (non-hydrogen) atoms. The van der Waals surface area contributed by atoms with Crippen LogP contribution in [0.25, 0.3) is 0 Å². The Kier molecular flexibility index (Phi) is 8.52. The van der Waals surface area contributed by atoms with E-state index in [0.29, 0.717) is 0 Å². The van der Waals surface area contributed by atoms with Crippen molar-refractivity contribution < 1.29 is 40.1 Å². The molecule has 2 saturated heterocycles. The van der Waals surface area contributed by atoms with Gasteiger partial charge in [-0.2, -0.15) is 0 Å². The second-order valence-electron chi connectivity index (χ2n) is 7.95. The van der Waals surface area contributed by atoms with Crippen molar-refractivity contribution in [2.24, 2.45) is 0 Å². The predicted molar refractivity (Wildman–Crippen MR) is 118 cm³/mol. The van der Waals surface area contributed by atoms with Crippen molar-refractivity contribution in [2.75, 3.05) is 13.2 Å². The van der Waals surface area contributed by atoms with Gasteiger partial charge in [0.2, 0.25) is 0 Å². The van der Waals surface area contributed by atoms with Crippen molar-refractivity contribution in [3.05, 3.63) is 60.0 Å². The molecule has 2 fully saturated rings. The van der Waals surface area contributed by atoms with Crippen LogP contribution in [0, 0.1) is 11.6 Å². The molecule has 194 valence electrons. The molecule has 2 aliphatic heterocycles. The summed E-state index contributed by atoms with van der Waals surface area (Å²) in [6.07, 6.45) is -6.63. The number of aromatic amines is 2. The van der Waals surface area contributed by atoms with Crippen molar-refractivity contribution in [1.82, 2.24) is 19.1 Å². The summed E-state index contributed by atoms with van der Waals surface area (Å²) >= 11 is 4.77. The van der Waals surface area contributed by atoms with E-state index in [-0.39, 0.29) is 10.2 Å². The maximum Gasteiger partial charge on any atom is 0.330 e. The lowest BCUT2D eigenvalue weighted by Gasteiger charge is -2.17. The average molecular weight is 519 g/mol. The van der Waals surface area contributed by atoms with E-state index in [0.717, 1.165) is 9.13 Å². The molecule has 0 saturated carbocycles. The summed E-state index contributed by atoms with van der Waals surface area (Å²) < 4.78 is 12.7. The number of hydrogen-bond acceptors (Lipinski definition) is 12. The molecule has 0 aromatic carbocycles. The zero-order valence-corrected chi connectivity index (χ0v) is 19.1. The summed E-state index contributed by atoms with van der Waals surface area (Å²) in [6.45, 7) is 0.578. The summed E-state index contributed by atoms with van der Waals surface area (Å²) in [5.74, 6) is 0. The van der Waals surface area contributed by atoms with Gasteiger partial charge in [-0.3, -0.25) is 23.9 Å². The highest BCUT2D eigenvalue weighted by Gasteiger charge is 2.44. The van der Waals surface area contributed by atoms with Crippen molar-refractivity contribution >= 4 is 12.2 Å². The summed E-state index contributed by atoms with van der Waals surface area (Å²) in [7, 11) is 0. The molecule has 15 nitrogen and oxygen atoms in total. The molecule has 0 bridgehead atoms. The molecule has 2 aromatic heterocycles. The van der Waals surface area contributed by atoms with Crippen LogP contribution in [0.4, 0.5) is 0 Å². The van der Waals surface area contributed by atoms with Crippen LogP contribution in [-0.4, -0.2) is 99.6 Å². The minimum atomic E-state index is -1.36. The third-order valence-electron chi connectivity index (χ3n) is 5.58. The van der Waals surface area contributed by atoms with E-state index in [1.807, 2.05) is 0 Å². The first-order chi connectivity index (χ1) is 16.5. The smallest absolute Gasteiger partial charge is 0.330 e. The van der Waals surface area contributed by atoms with Gasteiger partial charge in [0.25, 0.3) is 5.56 Å². The molecule has 2 aromatic rings. The van der Waals surface area contributed by atoms with Crippen molar-refractivity contribution in [2.45, 2.75) is 56.0 Å². The number of nitrogens with one attached hydrogen (secondary N) is 2. The number of aryl methyl sites for hydroxylation is 1. The molecule has 0 amide bonds. The molecule has 0 spiro atoms. The van der Waals surface area contributed by atoms with Gasteiger partial charge in [-0.05, 0) is 13.0 Å². The van der Waals surface area contributed by atoms with Crippen molar-refractivity contribution in [3.8, 4) is 0 Å². The van der Waals surface area contributed by atoms with Gasteiger partial charge in [-0.1, -0.05) is 12.2 Å². The van der Waals surface area contributed by atoms with Gasteiger partial charge in [0, 0.05) is 18.0 Å². The molecule has 2 aliphatic rings. The van der Waals surface area contributed by atoms with Gasteiger partial charge in [0.15, 0.2) is 12.5 Å². The number of aliphatic hydroxyl groups is 6. The van der Waals surface area contributed by atoms with E-state index in [1.54, 1.807) is 0 Å². The number of hydrogen-bond donors (Lipinski definition) is 8. The van der Waals surface area contributed by atoms with Crippen LogP contribution in [0.2, 0.25) is 0 Å². The highest BCUT2D eigenvalue weighted by molar-refractivity contribution is 7.71. The summed E-state index contributed by atoms with van der Waals surface area (Å²) in [6, 6.07) is 1.46. The Morgan fingerprint density at radius 2 is 1.34 bits per heavy atom. The molecule has 2 unspecified atom stereocenters. The van der Waals surface area contributed by atoms with Crippen LogP contribution in [0.5, 0.6) is 0 Å². The molecular formula is C19H26N4O11S. The molecule has 8 N–H and O–H groups in total. The third-order valence-corrected chi connectivity index (χ3v) is 5.82. The Morgan fingerprint density at radius 1 is 0.857 bits per heavy atom. The maximum atomic E-state index is 11.6. The fourth-order valence-electron chi connectivity index (χ4n) is 3.62.